The molecule has 0 aromatic heterocycles. The van der Waals surface area contributed by atoms with E-state index in [0.29, 0.717) is 19.3 Å². The van der Waals surface area contributed by atoms with Crippen molar-refractivity contribution in [3.63, 3.8) is 0 Å². The highest BCUT2D eigenvalue weighted by molar-refractivity contribution is 5.71. The van der Waals surface area contributed by atoms with Crippen LogP contribution >= 0.6 is 0 Å². The fourth-order valence-corrected chi connectivity index (χ4v) is 9.42. The zero-order chi connectivity index (χ0) is 53.6. The molecule has 0 aromatic rings. The van der Waals surface area contributed by atoms with Gasteiger partial charge in [-0.25, -0.2) is 0 Å². The lowest BCUT2D eigenvalue weighted by atomic mass is 10.0. The topological polar surface area (TPSA) is 78.9 Å². The van der Waals surface area contributed by atoms with E-state index in [0.717, 1.165) is 89.9 Å². The lowest BCUT2D eigenvalue weighted by Crippen LogP contribution is -2.30. The first-order valence-corrected chi connectivity index (χ1v) is 32.3. The monoisotopic (exact) mass is 1030 g/mol. The van der Waals surface area contributed by atoms with Crippen LogP contribution in [0.15, 0.2) is 60.8 Å². The third kappa shape index (κ3) is 60.0. The third-order valence-electron chi connectivity index (χ3n) is 14.3. The lowest BCUT2D eigenvalue weighted by Gasteiger charge is -2.18. The number of hydrogen-bond donors (Lipinski definition) is 0. The molecule has 1 atom stereocenters. The first kappa shape index (κ1) is 71.1. The van der Waals surface area contributed by atoms with Gasteiger partial charge < -0.3 is 14.2 Å². The summed E-state index contributed by atoms with van der Waals surface area (Å²) in [6, 6.07) is 0. The van der Waals surface area contributed by atoms with Gasteiger partial charge in [0.25, 0.3) is 0 Å². The summed E-state index contributed by atoms with van der Waals surface area (Å²) >= 11 is 0. The third-order valence-corrected chi connectivity index (χ3v) is 14.3. The van der Waals surface area contributed by atoms with Crippen LogP contribution in [0.4, 0.5) is 0 Å². The van der Waals surface area contributed by atoms with Gasteiger partial charge in [0, 0.05) is 19.3 Å². The van der Waals surface area contributed by atoms with Crippen LogP contribution in [-0.2, 0) is 28.6 Å². The van der Waals surface area contributed by atoms with Crippen molar-refractivity contribution in [3.8, 4) is 0 Å². The summed E-state index contributed by atoms with van der Waals surface area (Å²) in [5.41, 5.74) is 0. The highest BCUT2D eigenvalue weighted by Gasteiger charge is 2.19. The molecule has 0 fully saturated rings. The fourth-order valence-electron chi connectivity index (χ4n) is 9.42. The summed E-state index contributed by atoms with van der Waals surface area (Å²) in [5.74, 6) is -0.864. The number of ether oxygens (including phenoxy) is 3. The molecule has 0 radical (unpaired) electrons. The molecule has 0 N–H and O–H groups in total. The van der Waals surface area contributed by atoms with E-state index < -0.39 is 6.10 Å². The Bertz CT molecular complexity index is 1330. The number of rotatable bonds is 59. The Kier molecular flexibility index (Phi) is 60.2. The second kappa shape index (κ2) is 62.6. The molecule has 0 saturated heterocycles. The van der Waals surface area contributed by atoms with Crippen LogP contribution in [0.1, 0.15) is 335 Å². The van der Waals surface area contributed by atoms with E-state index in [9.17, 15) is 14.4 Å². The molecule has 0 bridgehead atoms. The Balaban J connectivity index is 4.02. The molecule has 0 rings (SSSR count). The van der Waals surface area contributed by atoms with Crippen molar-refractivity contribution in [2.75, 3.05) is 13.2 Å². The van der Waals surface area contributed by atoms with E-state index in [1.54, 1.807) is 0 Å². The molecule has 0 aliphatic heterocycles. The maximum absolute atomic E-state index is 12.8. The van der Waals surface area contributed by atoms with Crippen molar-refractivity contribution in [2.45, 2.75) is 341 Å². The van der Waals surface area contributed by atoms with Crippen molar-refractivity contribution in [1.82, 2.24) is 0 Å². The summed E-state index contributed by atoms with van der Waals surface area (Å²) in [7, 11) is 0. The summed E-state index contributed by atoms with van der Waals surface area (Å²) in [6.45, 7) is 6.52. The fraction of sp³-hybridized carbons (Fsp3) is 0.809. The standard InChI is InChI=1S/C68H122O6/c1-4-7-10-13-16-19-22-24-25-26-27-28-29-30-31-32-33-34-35-36-37-38-39-40-41-42-43-44-47-49-52-55-58-61-67(70)73-64-65(63-72-66(69)60-57-54-51-48-45-21-18-15-12-9-6-3)74-68(71)62-59-56-53-50-46-23-20-17-14-11-8-5-2/h7,10,15-16,18-19,24-25,27-28,65H,4-6,8-9,11-14,17,20-23,26,29-64H2,1-3H3/b10-7-,18-15-,19-16-,25-24-,28-27-. The van der Waals surface area contributed by atoms with Crippen LogP contribution in [0.2, 0.25) is 0 Å². The van der Waals surface area contributed by atoms with E-state index in [1.807, 2.05) is 0 Å². The van der Waals surface area contributed by atoms with Crippen molar-refractivity contribution >= 4 is 17.9 Å². The molecular formula is C68H122O6. The van der Waals surface area contributed by atoms with Gasteiger partial charge in [0.15, 0.2) is 6.10 Å². The minimum Gasteiger partial charge on any atom is -0.462 e. The number of allylic oxidation sites excluding steroid dienone is 10. The largest absolute Gasteiger partial charge is 0.462 e. The molecule has 6 nitrogen and oxygen atoms in total. The van der Waals surface area contributed by atoms with E-state index in [4.69, 9.17) is 14.2 Å². The highest BCUT2D eigenvalue weighted by atomic mass is 16.6. The molecule has 430 valence electrons. The van der Waals surface area contributed by atoms with E-state index in [1.165, 1.54) is 205 Å². The normalized spacial score (nSPS) is 12.4. The molecule has 6 heteroatoms. The lowest BCUT2D eigenvalue weighted by molar-refractivity contribution is -0.167. The second-order valence-corrected chi connectivity index (χ2v) is 21.6. The molecule has 0 aliphatic rings. The van der Waals surface area contributed by atoms with E-state index in [-0.39, 0.29) is 31.1 Å². The van der Waals surface area contributed by atoms with Crippen molar-refractivity contribution in [1.29, 1.82) is 0 Å². The van der Waals surface area contributed by atoms with E-state index >= 15 is 0 Å². The average molecular weight is 1040 g/mol. The van der Waals surface area contributed by atoms with Crippen molar-refractivity contribution in [3.05, 3.63) is 60.8 Å². The van der Waals surface area contributed by atoms with Gasteiger partial charge in [0.1, 0.15) is 13.2 Å². The molecule has 0 spiro atoms. The molecule has 0 aromatic carbocycles. The molecule has 0 amide bonds. The zero-order valence-electron chi connectivity index (χ0n) is 49.4. The molecule has 0 heterocycles. The summed E-state index contributed by atoms with van der Waals surface area (Å²) < 4.78 is 16.9. The number of esters is 3. The molecule has 1 unspecified atom stereocenters. The average Bonchev–Trinajstić information content (AvgIpc) is 3.40. The maximum Gasteiger partial charge on any atom is 0.306 e. The predicted molar refractivity (Wildman–Crippen MR) is 321 cm³/mol. The summed E-state index contributed by atoms with van der Waals surface area (Å²) in [4.78, 5) is 38.1. The van der Waals surface area contributed by atoms with Crippen molar-refractivity contribution < 1.29 is 28.6 Å². The first-order chi connectivity index (χ1) is 36.5. The first-order valence-electron chi connectivity index (χ1n) is 32.3. The van der Waals surface area contributed by atoms with Crippen LogP contribution in [0.3, 0.4) is 0 Å². The van der Waals surface area contributed by atoms with Gasteiger partial charge in [-0.3, -0.25) is 14.4 Å². The maximum atomic E-state index is 12.8. The second-order valence-electron chi connectivity index (χ2n) is 21.6. The molecule has 0 aliphatic carbocycles. The minimum absolute atomic E-state index is 0.0709. The Hall–Kier alpha value is -2.89. The van der Waals surface area contributed by atoms with Gasteiger partial charge in [-0.2, -0.15) is 0 Å². The van der Waals surface area contributed by atoms with Crippen molar-refractivity contribution in [2.24, 2.45) is 0 Å². The van der Waals surface area contributed by atoms with Crippen LogP contribution in [-0.4, -0.2) is 37.2 Å². The Labute approximate surface area is 460 Å². The molecular weight excluding hydrogens is 913 g/mol. The zero-order valence-corrected chi connectivity index (χ0v) is 49.4. The quantitative estimate of drug-likeness (QED) is 0.0261. The number of carbonyl (C=O) groups is 3. The number of unbranched alkanes of at least 4 members (excludes halogenated alkanes) is 38. The Morgan fingerprint density at radius 1 is 0.284 bits per heavy atom. The van der Waals surface area contributed by atoms with Gasteiger partial charge in [0.2, 0.25) is 0 Å². The number of hydrogen-bond acceptors (Lipinski definition) is 6. The minimum atomic E-state index is -0.771. The highest BCUT2D eigenvalue weighted by Crippen LogP contribution is 2.17. The van der Waals surface area contributed by atoms with Gasteiger partial charge >= 0.3 is 17.9 Å². The Morgan fingerprint density at radius 2 is 0.541 bits per heavy atom. The van der Waals surface area contributed by atoms with Crippen LogP contribution in [0, 0.1) is 0 Å². The smallest absolute Gasteiger partial charge is 0.306 e. The van der Waals surface area contributed by atoms with Gasteiger partial charge in [-0.05, 0) is 77.0 Å². The Morgan fingerprint density at radius 3 is 0.878 bits per heavy atom. The van der Waals surface area contributed by atoms with E-state index in [2.05, 4.69) is 81.5 Å². The molecule has 74 heavy (non-hydrogen) atoms. The molecule has 0 saturated carbocycles. The van der Waals surface area contributed by atoms with Crippen LogP contribution < -0.4 is 0 Å². The summed E-state index contributed by atoms with van der Waals surface area (Å²) in [5, 5.41) is 0. The van der Waals surface area contributed by atoms with Crippen LogP contribution in [0.5, 0.6) is 0 Å². The number of carbonyl (C=O) groups excluding carboxylic acids is 3. The van der Waals surface area contributed by atoms with Crippen LogP contribution in [0.25, 0.3) is 0 Å². The van der Waals surface area contributed by atoms with Gasteiger partial charge in [0.05, 0.1) is 0 Å². The SMILES string of the molecule is CC/C=C\C/C=C\C/C=C\C/C=C\CCCCCCCCCCCCCCCCCCCCCCC(=O)OCC(COC(=O)CCCCCCC/C=C\CCCC)OC(=O)CCCCCCCCCCCCCC. The summed E-state index contributed by atoms with van der Waals surface area (Å²) in [6.07, 6.45) is 79.7. The van der Waals surface area contributed by atoms with Gasteiger partial charge in [-0.1, -0.05) is 300 Å². The van der Waals surface area contributed by atoms with Gasteiger partial charge in [-0.15, -0.1) is 0 Å². The predicted octanol–water partition coefficient (Wildman–Crippen LogP) is 21.9.